The minimum absolute atomic E-state index is 0.119. The van der Waals surface area contributed by atoms with Crippen LogP contribution in [-0.4, -0.2) is 101 Å². The maximum atomic E-state index is 14.6. The Bertz CT molecular complexity index is 2050. The van der Waals surface area contributed by atoms with Crippen molar-refractivity contribution in [2.45, 2.75) is 140 Å². The summed E-state index contributed by atoms with van der Waals surface area (Å²) < 4.78 is 0. The summed E-state index contributed by atoms with van der Waals surface area (Å²) in [6.45, 7) is 5.52. The Hall–Kier alpha value is -5.73. The Morgan fingerprint density at radius 1 is 0.790 bits per heavy atom. The lowest BCUT2D eigenvalue weighted by molar-refractivity contribution is -0.143. The summed E-state index contributed by atoms with van der Waals surface area (Å²) in [5.41, 5.74) is 2.51. The van der Waals surface area contributed by atoms with E-state index in [2.05, 4.69) is 36.9 Å². The van der Waals surface area contributed by atoms with Gasteiger partial charge in [-0.1, -0.05) is 101 Å². The molecule has 3 aromatic rings. The largest absolute Gasteiger partial charge is 0.361 e. The van der Waals surface area contributed by atoms with Gasteiger partial charge >= 0.3 is 0 Å². The van der Waals surface area contributed by atoms with Crippen LogP contribution in [0.2, 0.25) is 0 Å². The molecule has 3 aliphatic rings. The van der Waals surface area contributed by atoms with Crippen molar-refractivity contribution in [3.8, 4) is 0 Å². The van der Waals surface area contributed by atoms with Gasteiger partial charge in [-0.3, -0.25) is 33.6 Å². The highest BCUT2D eigenvalue weighted by molar-refractivity contribution is 5.98. The molecule has 1 saturated carbocycles. The van der Waals surface area contributed by atoms with Gasteiger partial charge in [0.15, 0.2) is 0 Å². The third kappa shape index (κ3) is 12.0. The van der Waals surface area contributed by atoms with Crippen molar-refractivity contribution in [1.29, 1.82) is 0 Å². The van der Waals surface area contributed by atoms with Crippen LogP contribution in [0.1, 0.15) is 103 Å². The van der Waals surface area contributed by atoms with Crippen LogP contribution in [0.25, 0.3) is 10.9 Å². The fraction of sp³-hybridized carbons (Fsp3) is 0.553. The first-order chi connectivity index (χ1) is 29.9. The van der Waals surface area contributed by atoms with Crippen LogP contribution in [0.3, 0.4) is 0 Å². The second-order valence-corrected chi connectivity index (χ2v) is 17.4. The van der Waals surface area contributed by atoms with Crippen LogP contribution < -0.4 is 31.9 Å². The number of benzene rings is 2. The Morgan fingerprint density at radius 2 is 1.50 bits per heavy atom. The number of para-hydroxylation sites is 1. The SMILES string of the molecule is CC[C@H](C)[C@@H]1NC(=O)[C@H](Cc2c[nH]c3ccccc23)NC(=O)[C@@H](CC2CCCCC2)NC(=O)[C@@H]2CCCN2C(=O)[C@@H](NC(=O)[C@H](Cc2ccccc2)NC(C)=O)CCCNC1=O. The Morgan fingerprint density at radius 3 is 2.24 bits per heavy atom. The number of carbonyl (C=O) groups is 7. The van der Waals surface area contributed by atoms with Crippen LogP contribution in [0.4, 0.5) is 0 Å². The van der Waals surface area contributed by atoms with Crippen molar-refractivity contribution in [3.63, 3.8) is 0 Å². The molecular weight excluding hydrogens is 789 g/mol. The summed E-state index contributed by atoms with van der Waals surface area (Å²) >= 11 is 0. The fourth-order valence-electron chi connectivity index (χ4n) is 9.18. The standard InChI is InChI=1S/C47H64N8O7/c1-4-29(2)41-46(61)48-23-13-21-36(51-42(57)37(50-30(3)56)25-31-15-7-5-8-16-31)47(62)55-24-14-22-40(55)45(60)53-38(26-32-17-9-6-10-18-32)43(58)52-39(44(59)54-41)27-33-28-49-35-20-12-11-19-34(33)35/h5,7-8,11-12,15-16,19-20,28-29,32,36-41,49H,4,6,9-10,13-14,17-18,21-27H2,1-3H3,(H,48,61)(H,50,56)(H,51,57)(H,52,58)(H,53,60)(H,54,59)/t29-,36-,37-,38+,39-,40-,41-/m0/s1. The molecule has 7 N–H and O–H groups in total. The number of rotatable bonds is 11. The third-order valence-corrected chi connectivity index (χ3v) is 12.9. The molecule has 15 nitrogen and oxygen atoms in total. The van der Waals surface area contributed by atoms with E-state index in [1.54, 1.807) is 0 Å². The maximum Gasteiger partial charge on any atom is 0.245 e. The fourth-order valence-corrected chi connectivity index (χ4v) is 9.18. The maximum absolute atomic E-state index is 14.6. The lowest BCUT2D eigenvalue weighted by Gasteiger charge is -2.32. The number of carbonyl (C=O) groups excluding carboxylic acids is 7. The molecule has 0 radical (unpaired) electrons. The van der Waals surface area contributed by atoms with Crippen molar-refractivity contribution in [2.24, 2.45) is 11.8 Å². The Balaban J connectivity index is 1.31. The molecule has 6 rings (SSSR count). The van der Waals surface area contributed by atoms with Crippen molar-refractivity contribution < 1.29 is 33.6 Å². The molecule has 2 aliphatic heterocycles. The van der Waals surface area contributed by atoms with E-state index in [4.69, 9.17) is 0 Å². The van der Waals surface area contributed by atoms with Crippen LogP contribution in [0.15, 0.2) is 60.8 Å². The van der Waals surface area contributed by atoms with E-state index in [-0.39, 0.29) is 50.6 Å². The van der Waals surface area contributed by atoms with Gasteiger partial charge < -0.3 is 41.8 Å². The van der Waals surface area contributed by atoms with Crippen molar-refractivity contribution in [2.75, 3.05) is 13.1 Å². The van der Waals surface area contributed by atoms with Gasteiger partial charge in [-0.2, -0.15) is 0 Å². The predicted octanol–water partition coefficient (Wildman–Crippen LogP) is 3.31. The average Bonchev–Trinajstić information content (AvgIpc) is 3.93. The quantitative estimate of drug-likeness (QED) is 0.153. The topological polar surface area (TPSA) is 211 Å². The number of amides is 7. The molecule has 334 valence electrons. The van der Waals surface area contributed by atoms with E-state index < -0.39 is 77.6 Å². The summed E-state index contributed by atoms with van der Waals surface area (Å²) in [5.74, 6) is -3.44. The zero-order valence-electron chi connectivity index (χ0n) is 36.3. The van der Waals surface area contributed by atoms with Crippen molar-refractivity contribution in [3.05, 3.63) is 71.9 Å². The lowest BCUT2D eigenvalue weighted by Crippen LogP contribution is -2.60. The summed E-state index contributed by atoms with van der Waals surface area (Å²) in [6, 6.07) is 10.9. The highest BCUT2D eigenvalue weighted by atomic mass is 16.2. The van der Waals surface area contributed by atoms with Gasteiger partial charge in [0.2, 0.25) is 41.4 Å². The molecule has 15 heteroatoms. The first-order valence-electron chi connectivity index (χ1n) is 22.6. The first-order valence-corrected chi connectivity index (χ1v) is 22.6. The molecule has 0 spiro atoms. The predicted molar refractivity (Wildman–Crippen MR) is 235 cm³/mol. The molecule has 2 saturated heterocycles. The molecule has 0 bridgehead atoms. The average molecular weight is 853 g/mol. The van der Waals surface area contributed by atoms with Gasteiger partial charge in [-0.25, -0.2) is 0 Å². The second kappa shape index (κ2) is 21.9. The Kier molecular flexibility index (Phi) is 16.2. The van der Waals surface area contributed by atoms with E-state index in [0.717, 1.165) is 54.1 Å². The van der Waals surface area contributed by atoms with Gasteiger partial charge in [-0.05, 0) is 61.1 Å². The van der Waals surface area contributed by atoms with Gasteiger partial charge in [0.05, 0.1) is 0 Å². The molecule has 3 fully saturated rings. The molecule has 3 heterocycles. The van der Waals surface area contributed by atoms with Crippen LogP contribution in [0, 0.1) is 11.8 Å². The van der Waals surface area contributed by atoms with Gasteiger partial charge in [-0.15, -0.1) is 0 Å². The number of hydrogen-bond acceptors (Lipinski definition) is 7. The summed E-state index contributed by atoms with van der Waals surface area (Å²) in [7, 11) is 0. The number of H-pyrrole nitrogens is 1. The zero-order valence-corrected chi connectivity index (χ0v) is 36.3. The number of hydrogen-bond donors (Lipinski definition) is 7. The zero-order chi connectivity index (χ0) is 44.2. The van der Waals surface area contributed by atoms with E-state index in [0.29, 0.717) is 25.7 Å². The lowest BCUT2D eigenvalue weighted by atomic mass is 9.84. The van der Waals surface area contributed by atoms with E-state index in [1.165, 1.54) is 11.8 Å². The van der Waals surface area contributed by atoms with Crippen molar-refractivity contribution in [1.82, 2.24) is 41.8 Å². The highest BCUT2D eigenvalue weighted by Crippen LogP contribution is 2.28. The van der Waals surface area contributed by atoms with E-state index >= 15 is 0 Å². The minimum Gasteiger partial charge on any atom is -0.361 e. The van der Waals surface area contributed by atoms with Gasteiger partial charge in [0, 0.05) is 50.0 Å². The number of aromatic amines is 1. The first kappa shape index (κ1) is 45.8. The highest BCUT2D eigenvalue weighted by Gasteiger charge is 2.41. The number of nitrogens with zero attached hydrogens (tertiary/aromatic N) is 1. The molecule has 62 heavy (non-hydrogen) atoms. The minimum atomic E-state index is -1.09. The molecule has 1 aromatic heterocycles. The van der Waals surface area contributed by atoms with E-state index in [1.807, 2.05) is 74.6 Å². The number of nitrogens with one attached hydrogen (secondary N) is 7. The molecule has 7 amide bonds. The Labute approximate surface area is 364 Å². The monoisotopic (exact) mass is 852 g/mol. The molecule has 0 unspecified atom stereocenters. The second-order valence-electron chi connectivity index (χ2n) is 17.4. The summed E-state index contributed by atoms with van der Waals surface area (Å²) in [4.78, 5) is 103. The molecule has 2 aromatic carbocycles. The van der Waals surface area contributed by atoms with Crippen LogP contribution in [0.5, 0.6) is 0 Å². The number of aromatic nitrogens is 1. The smallest absolute Gasteiger partial charge is 0.245 e. The van der Waals surface area contributed by atoms with Crippen LogP contribution in [-0.2, 0) is 46.4 Å². The van der Waals surface area contributed by atoms with Crippen LogP contribution >= 0.6 is 0 Å². The van der Waals surface area contributed by atoms with Gasteiger partial charge in [0.25, 0.3) is 0 Å². The van der Waals surface area contributed by atoms with E-state index in [9.17, 15) is 33.6 Å². The summed E-state index contributed by atoms with van der Waals surface area (Å²) in [6.07, 6.45) is 9.32. The third-order valence-electron chi connectivity index (χ3n) is 12.9. The molecular formula is C47H64N8O7. The summed E-state index contributed by atoms with van der Waals surface area (Å²) in [5, 5.41) is 18.4. The molecule has 1 aliphatic carbocycles. The molecule has 7 atom stereocenters. The van der Waals surface area contributed by atoms with Gasteiger partial charge in [0.1, 0.15) is 36.3 Å². The van der Waals surface area contributed by atoms with Crippen molar-refractivity contribution >= 4 is 52.3 Å². The number of fused-ring (bicyclic) bond motifs is 2. The normalized spacial score (nSPS) is 24.7.